The highest BCUT2D eigenvalue weighted by Gasteiger charge is 2.19. The van der Waals surface area contributed by atoms with E-state index in [9.17, 15) is 14.9 Å². The van der Waals surface area contributed by atoms with Crippen LogP contribution in [0.15, 0.2) is 54.6 Å². The van der Waals surface area contributed by atoms with Gasteiger partial charge in [0.05, 0.1) is 18.6 Å². The zero-order chi connectivity index (χ0) is 16.4. The number of para-hydroxylation sites is 2. The number of carbonyl (C=O) groups excluding carboxylic acids is 1. The smallest absolute Gasteiger partial charge is 0.354 e. The SMILES string of the molecule is COC(=O)c1cc2ccccc2n1Cc1ccccc1[N+](=O)[O-]. The summed E-state index contributed by atoms with van der Waals surface area (Å²) in [5.74, 6) is -0.472. The quantitative estimate of drug-likeness (QED) is 0.420. The molecular weight excluding hydrogens is 296 g/mol. The minimum atomic E-state index is -0.472. The molecule has 0 radical (unpaired) electrons. The van der Waals surface area contributed by atoms with Gasteiger partial charge in [-0.2, -0.15) is 0 Å². The summed E-state index contributed by atoms with van der Waals surface area (Å²) in [4.78, 5) is 22.8. The highest BCUT2D eigenvalue weighted by atomic mass is 16.6. The molecule has 0 saturated heterocycles. The Morgan fingerprint density at radius 1 is 1.17 bits per heavy atom. The number of methoxy groups -OCH3 is 1. The number of carbonyl (C=O) groups is 1. The molecular formula is C17H14N2O4. The Balaban J connectivity index is 2.16. The molecule has 3 rings (SSSR count). The van der Waals surface area contributed by atoms with Gasteiger partial charge >= 0.3 is 5.97 Å². The summed E-state index contributed by atoms with van der Waals surface area (Å²) in [7, 11) is 1.31. The molecule has 0 fully saturated rings. The van der Waals surface area contributed by atoms with E-state index in [0.717, 1.165) is 10.9 Å². The van der Waals surface area contributed by atoms with Crippen molar-refractivity contribution in [1.29, 1.82) is 0 Å². The maximum absolute atomic E-state index is 12.0. The minimum absolute atomic E-state index is 0.0288. The second kappa shape index (κ2) is 5.92. The number of hydrogen-bond acceptors (Lipinski definition) is 4. The first kappa shape index (κ1) is 14.8. The first-order valence-corrected chi connectivity index (χ1v) is 7.00. The molecule has 0 amide bonds. The molecule has 2 aromatic carbocycles. The van der Waals surface area contributed by atoms with Crippen LogP contribution in [-0.2, 0) is 11.3 Å². The number of nitro groups is 1. The third kappa shape index (κ3) is 2.66. The molecule has 6 heteroatoms. The molecule has 6 nitrogen and oxygen atoms in total. The van der Waals surface area contributed by atoms with Crippen LogP contribution < -0.4 is 0 Å². The fourth-order valence-electron chi connectivity index (χ4n) is 2.65. The second-order valence-corrected chi connectivity index (χ2v) is 5.05. The average Bonchev–Trinajstić information content (AvgIpc) is 2.93. The Hall–Kier alpha value is -3.15. The van der Waals surface area contributed by atoms with Crippen molar-refractivity contribution in [1.82, 2.24) is 4.57 Å². The Labute approximate surface area is 132 Å². The lowest BCUT2D eigenvalue weighted by atomic mass is 10.1. The largest absolute Gasteiger partial charge is 0.464 e. The van der Waals surface area contributed by atoms with Gasteiger partial charge in [-0.15, -0.1) is 0 Å². The van der Waals surface area contributed by atoms with E-state index in [2.05, 4.69) is 0 Å². The molecule has 0 aliphatic heterocycles. The molecule has 0 atom stereocenters. The van der Waals surface area contributed by atoms with Gasteiger partial charge in [-0.1, -0.05) is 36.4 Å². The molecule has 0 aliphatic rings. The van der Waals surface area contributed by atoms with E-state index in [-0.39, 0.29) is 12.2 Å². The fourth-order valence-corrected chi connectivity index (χ4v) is 2.65. The van der Waals surface area contributed by atoms with Crippen LogP contribution >= 0.6 is 0 Å². The van der Waals surface area contributed by atoms with Gasteiger partial charge in [0.15, 0.2) is 0 Å². The number of benzene rings is 2. The lowest BCUT2D eigenvalue weighted by Crippen LogP contribution is -2.12. The molecule has 0 spiro atoms. The zero-order valence-corrected chi connectivity index (χ0v) is 12.4. The number of fused-ring (bicyclic) bond motifs is 1. The van der Waals surface area contributed by atoms with Crippen molar-refractivity contribution in [2.45, 2.75) is 6.54 Å². The number of ether oxygens (including phenoxy) is 1. The Kier molecular flexibility index (Phi) is 3.80. The van der Waals surface area contributed by atoms with Crippen LogP contribution in [0.5, 0.6) is 0 Å². The van der Waals surface area contributed by atoms with Crippen LogP contribution in [0.25, 0.3) is 10.9 Å². The van der Waals surface area contributed by atoms with Crippen molar-refractivity contribution in [3.05, 3.63) is 76.0 Å². The van der Waals surface area contributed by atoms with E-state index in [1.807, 2.05) is 24.3 Å². The summed E-state index contributed by atoms with van der Waals surface area (Å²) >= 11 is 0. The molecule has 0 aliphatic carbocycles. The highest BCUT2D eigenvalue weighted by Crippen LogP contribution is 2.25. The predicted molar refractivity (Wildman–Crippen MR) is 85.5 cm³/mol. The van der Waals surface area contributed by atoms with Gasteiger partial charge in [-0.05, 0) is 12.1 Å². The maximum Gasteiger partial charge on any atom is 0.354 e. The van der Waals surface area contributed by atoms with Crippen molar-refractivity contribution < 1.29 is 14.5 Å². The van der Waals surface area contributed by atoms with E-state index in [1.165, 1.54) is 13.2 Å². The molecule has 0 bridgehead atoms. The summed E-state index contributed by atoms with van der Waals surface area (Å²) < 4.78 is 6.57. The molecule has 23 heavy (non-hydrogen) atoms. The van der Waals surface area contributed by atoms with Gasteiger partial charge in [-0.3, -0.25) is 10.1 Å². The van der Waals surface area contributed by atoms with Gasteiger partial charge in [0.1, 0.15) is 5.69 Å². The first-order valence-electron chi connectivity index (χ1n) is 7.00. The summed E-state index contributed by atoms with van der Waals surface area (Å²) in [6, 6.07) is 15.7. The normalized spacial score (nSPS) is 10.7. The fraction of sp³-hybridized carbons (Fsp3) is 0.118. The minimum Gasteiger partial charge on any atom is -0.464 e. The number of rotatable bonds is 4. The lowest BCUT2D eigenvalue weighted by Gasteiger charge is -2.10. The lowest BCUT2D eigenvalue weighted by molar-refractivity contribution is -0.385. The monoisotopic (exact) mass is 310 g/mol. The van der Waals surface area contributed by atoms with Crippen molar-refractivity contribution in [2.24, 2.45) is 0 Å². The Morgan fingerprint density at radius 2 is 1.87 bits per heavy atom. The molecule has 0 unspecified atom stereocenters. The number of aromatic nitrogens is 1. The van der Waals surface area contributed by atoms with Gasteiger partial charge in [-0.25, -0.2) is 4.79 Å². The van der Waals surface area contributed by atoms with Crippen LogP contribution in [0.4, 0.5) is 5.69 Å². The van der Waals surface area contributed by atoms with E-state index in [1.54, 1.807) is 28.8 Å². The van der Waals surface area contributed by atoms with E-state index in [4.69, 9.17) is 4.74 Å². The number of nitro benzene ring substituents is 1. The summed E-state index contributed by atoms with van der Waals surface area (Å²) in [6.45, 7) is 0.217. The number of hydrogen-bond donors (Lipinski definition) is 0. The molecule has 116 valence electrons. The van der Waals surface area contributed by atoms with Crippen molar-refractivity contribution in [3.63, 3.8) is 0 Å². The summed E-state index contributed by atoms with van der Waals surface area (Å²) in [6.07, 6.45) is 0. The van der Waals surface area contributed by atoms with E-state index < -0.39 is 10.9 Å². The molecule has 1 heterocycles. The molecule has 0 saturated carbocycles. The molecule has 3 aromatic rings. The van der Waals surface area contributed by atoms with Crippen LogP contribution in [0.1, 0.15) is 16.1 Å². The third-order valence-electron chi connectivity index (χ3n) is 3.72. The summed E-state index contributed by atoms with van der Waals surface area (Å²) in [5, 5.41) is 12.1. The molecule has 1 aromatic heterocycles. The zero-order valence-electron chi connectivity index (χ0n) is 12.4. The maximum atomic E-state index is 12.0. The molecule has 0 N–H and O–H groups in total. The Bertz CT molecular complexity index is 898. The summed E-state index contributed by atoms with van der Waals surface area (Å²) in [5.41, 5.74) is 1.75. The van der Waals surface area contributed by atoms with Gasteiger partial charge < -0.3 is 9.30 Å². The number of esters is 1. The van der Waals surface area contributed by atoms with Crippen LogP contribution in [0.2, 0.25) is 0 Å². The number of nitrogens with zero attached hydrogens (tertiary/aromatic N) is 2. The average molecular weight is 310 g/mol. The van der Waals surface area contributed by atoms with Crippen molar-refractivity contribution in [2.75, 3.05) is 7.11 Å². The van der Waals surface area contributed by atoms with Gasteiger partial charge in [0, 0.05) is 22.5 Å². The van der Waals surface area contributed by atoms with E-state index in [0.29, 0.717) is 11.3 Å². The second-order valence-electron chi connectivity index (χ2n) is 5.05. The van der Waals surface area contributed by atoms with Crippen LogP contribution in [0.3, 0.4) is 0 Å². The van der Waals surface area contributed by atoms with Gasteiger partial charge in [0.2, 0.25) is 0 Å². The van der Waals surface area contributed by atoms with Crippen LogP contribution in [0, 0.1) is 10.1 Å². The topological polar surface area (TPSA) is 74.4 Å². The first-order chi connectivity index (χ1) is 11.1. The van der Waals surface area contributed by atoms with E-state index >= 15 is 0 Å². The Morgan fingerprint density at radius 3 is 2.61 bits per heavy atom. The standard InChI is InChI=1S/C17H14N2O4/c1-23-17(20)16-10-12-6-2-4-8-14(12)18(16)11-13-7-3-5-9-15(13)19(21)22/h2-10H,11H2,1H3. The van der Waals surface area contributed by atoms with Gasteiger partial charge in [0.25, 0.3) is 5.69 Å². The van der Waals surface area contributed by atoms with Crippen molar-refractivity contribution >= 4 is 22.6 Å². The third-order valence-corrected chi connectivity index (χ3v) is 3.72. The predicted octanol–water partition coefficient (Wildman–Crippen LogP) is 3.38. The highest BCUT2D eigenvalue weighted by molar-refractivity contribution is 5.95. The van der Waals surface area contributed by atoms with Crippen LogP contribution in [-0.4, -0.2) is 22.6 Å². The van der Waals surface area contributed by atoms with Crippen molar-refractivity contribution in [3.8, 4) is 0 Å².